The first-order valence-corrected chi connectivity index (χ1v) is 16.4. The van der Waals surface area contributed by atoms with Crippen LogP contribution in [0.15, 0.2) is 47.2 Å². The van der Waals surface area contributed by atoms with Gasteiger partial charge in [0.15, 0.2) is 0 Å². The number of rotatable bonds is 10. The van der Waals surface area contributed by atoms with E-state index in [1.165, 1.54) is 6.42 Å². The molecule has 0 unspecified atom stereocenters. The molecule has 43 heavy (non-hydrogen) atoms. The molecular weight excluding hydrogens is 585 g/mol. The van der Waals surface area contributed by atoms with Crippen molar-refractivity contribution in [1.82, 2.24) is 15.1 Å². The van der Waals surface area contributed by atoms with Gasteiger partial charge >= 0.3 is 0 Å². The first-order valence-electron chi connectivity index (χ1n) is 15.6. The van der Waals surface area contributed by atoms with E-state index in [1.807, 2.05) is 18.2 Å². The molecule has 9 heteroatoms. The molecule has 0 spiro atoms. The number of nitrogens with zero attached hydrogens (tertiary/aromatic N) is 3. The normalized spacial score (nSPS) is 25.2. The summed E-state index contributed by atoms with van der Waals surface area (Å²) in [4.78, 5) is 8.99. The lowest BCUT2D eigenvalue weighted by Crippen LogP contribution is -2.49. The van der Waals surface area contributed by atoms with Gasteiger partial charge in [-0.25, -0.2) is 4.98 Å². The summed E-state index contributed by atoms with van der Waals surface area (Å²) in [5, 5.41) is 6.42. The number of halogens is 2. The van der Waals surface area contributed by atoms with E-state index >= 15 is 0 Å². The van der Waals surface area contributed by atoms with Crippen LogP contribution >= 0.6 is 23.2 Å². The Kier molecular flexibility index (Phi) is 7.03. The quantitative estimate of drug-likeness (QED) is 0.175. The number of hydrogen-bond donors (Lipinski definition) is 0. The molecule has 1 aromatic carbocycles. The van der Waals surface area contributed by atoms with E-state index in [2.05, 4.69) is 22.3 Å². The van der Waals surface area contributed by atoms with E-state index in [4.69, 9.17) is 46.9 Å². The van der Waals surface area contributed by atoms with E-state index in [9.17, 15) is 0 Å². The first-order chi connectivity index (χ1) is 21.0. The number of fused-ring (bicyclic) bond motifs is 4. The summed E-state index contributed by atoms with van der Waals surface area (Å²) in [6, 6.07) is 10.2. The first kappa shape index (κ1) is 27.7. The molecule has 5 aliphatic carbocycles. The molecule has 224 valence electrons. The fourth-order valence-corrected chi connectivity index (χ4v) is 7.57. The minimum absolute atomic E-state index is 0.141. The highest BCUT2D eigenvalue weighted by atomic mass is 35.5. The Hall–Kier alpha value is -2.87. The zero-order valence-electron chi connectivity index (χ0n) is 24.1. The molecule has 7 nitrogen and oxygen atoms in total. The molecule has 4 aromatic rings. The summed E-state index contributed by atoms with van der Waals surface area (Å²) in [6.45, 7) is 1.11. The Balaban J connectivity index is 0.939. The summed E-state index contributed by atoms with van der Waals surface area (Å²) < 4.78 is 25.3. The monoisotopic (exact) mass is 619 g/mol. The molecule has 9 rings (SSSR count). The van der Waals surface area contributed by atoms with Crippen molar-refractivity contribution < 1.29 is 18.7 Å². The Morgan fingerprint density at radius 2 is 1.67 bits per heavy atom. The van der Waals surface area contributed by atoms with Crippen LogP contribution in [0.25, 0.3) is 22.2 Å². The second-order valence-electron chi connectivity index (χ2n) is 13.0. The molecular formula is C34H35Cl2N3O4. The van der Waals surface area contributed by atoms with E-state index in [0.29, 0.717) is 52.4 Å². The van der Waals surface area contributed by atoms with Crippen molar-refractivity contribution in [2.75, 3.05) is 6.61 Å². The number of hydrogen-bond acceptors (Lipinski definition) is 7. The number of para-hydroxylation sites is 1. The molecule has 2 bridgehead atoms. The summed E-state index contributed by atoms with van der Waals surface area (Å²) >= 11 is 13.0. The SMILES string of the molecule is Clc1cncc(Cl)c1-c1noc(C2CC2)c1COC12CCC(COc3ccc4cccc(OC5CCC5)c4n3)(CC1)CC2. The maximum Gasteiger partial charge on any atom is 0.213 e. The predicted octanol–water partition coefficient (Wildman–Crippen LogP) is 9.09. The number of pyridine rings is 2. The second-order valence-corrected chi connectivity index (χ2v) is 13.8. The van der Waals surface area contributed by atoms with Crippen LogP contribution in [0, 0.1) is 5.41 Å². The van der Waals surface area contributed by atoms with Gasteiger partial charge in [0.2, 0.25) is 5.88 Å². The summed E-state index contributed by atoms with van der Waals surface area (Å²) in [5.74, 6) is 2.83. The second kappa shape index (κ2) is 10.9. The van der Waals surface area contributed by atoms with Gasteiger partial charge in [0, 0.05) is 46.3 Å². The van der Waals surface area contributed by atoms with Crippen molar-refractivity contribution in [3.8, 4) is 22.9 Å². The fraction of sp³-hybridized carbons (Fsp3) is 0.500. The zero-order chi connectivity index (χ0) is 29.0. The highest BCUT2D eigenvalue weighted by molar-refractivity contribution is 6.38. The molecule has 5 saturated carbocycles. The standard InChI is InChI=1S/C34H35Cl2N3O4/c35-25-17-37-18-26(36)29(25)31-24(32(43-39-31)22-7-8-22)19-41-34-14-11-33(12-15-34,13-16-34)20-40-28-10-9-21-3-1-6-27(30(21)38-28)42-23-4-2-5-23/h1,3,6,9-10,17-18,22-23H,2,4-5,7-8,11-16,19-20H2. The summed E-state index contributed by atoms with van der Waals surface area (Å²) in [7, 11) is 0. The van der Waals surface area contributed by atoms with E-state index < -0.39 is 0 Å². The van der Waals surface area contributed by atoms with Crippen LogP contribution in [0.1, 0.15) is 87.9 Å². The van der Waals surface area contributed by atoms with Crippen molar-refractivity contribution in [3.05, 3.63) is 64.1 Å². The molecule has 0 saturated heterocycles. The summed E-state index contributed by atoms with van der Waals surface area (Å²) in [6.07, 6.45) is 15.4. The number of benzene rings is 1. The van der Waals surface area contributed by atoms with Crippen LogP contribution in [-0.2, 0) is 11.3 Å². The highest BCUT2D eigenvalue weighted by Gasteiger charge is 2.50. The fourth-order valence-electron chi connectivity index (χ4n) is 7.02. The molecule has 5 aliphatic rings. The van der Waals surface area contributed by atoms with Crippen molar-refractivity contribution in [2.24, 2.45) is 5.41 Å². The largest absolute Gasteiger partial charge is 0.488 e. The molecule has 0 atom stereocenters. The minimum Gasteiger partial charge on any atom is -0.488 e. The molecule has 3 aromatic heterocycles. The van der Waals surface area contributed by atoms with Crippen molar-refractivity contribution >= 4 is 34.1 Å². The van der Waals surface area contributed by atoms with Gasteiger partial charge < -0.3 is 18.7 Å². The third-order valence-electron chi connectivity index (χ3n) is 10.2. The molecule has 0 aliphatic heterocycles. The van der Waals surface area contributed by atoms with E-state index in [0.717, 1.165) is 92.2 Å². The lowest BCUT2D eigenvalue weighted by atomic mass is 9.59. The molecule has 0 amide bonds. The minimum atomic E-state index is -0.141. The molecule has 0 N–H and O–H groups in total. The molecule has 5 fully saturated rings. The lowest BCUT2D eigenvalue weighted by Gasteiger charge is -2.52. The Morgan fingerprint density at radius 3 is 2.37 bits per heavy atom. The Morgan fingerprint density at radius 1 is 0.907 bits per heavy atom. The number of ether oxygens (including phenoxy) is 3. The van der Waals surface area contributed by atoms with Gasteiger partial charge in [-0.05, 0) is 82.8 Å². The molecule has 3 heterocycles. The maximum absolute atomic E-state index is 6.81. The topological polar surface area (TPSA) is 79.5 Å². The van der Waals surface area contributed by atoms with Gasteiger partial charge in [-0.15, -0.1) is 0 Å². The van der Waals surface area contributed by atoms with Crippen LogP contribution < -0.4 is 9.47 Å². The average molecular weight is 621 g/mol. The Bertz CT molecular complexity index is 1620. The van der Waals surface area contributed by atoms with Crippen LogP contribution in [0.3, 0.4) is 0 Å². The molecule has 0 radical (unpaired) electrons. The predicted molar refractivity (Wildman–Crippen MR) is 165 cm³/mol. The van der Waals surface area contributed by atoms with Crippen LogP contribution in [0.5, 0.6) is 11.6 Å². The van der Waals surface area contributed by atoms with E-state index in [1.54, 1.807) is 12.4 Å². The van der Waals surface area contributed by atoms with Crippen molar-refractivity contribution in [3.63, 3.8) is 0 Å². The van der Waals surface area contributed by atoms with Crippen LogP contribution in [-0.4, -0.2) is 33.4 Å². The van der Waals surface area contributed by atoms with Gasteiger partial charge in [0.25, 0.3) is 0 Å². The third-order valence-corrected chi connectivity index (χ3v) is 10.8. The van der Waals surface area contributed by atoms with Gasteiger partial charge in [0.1, 0.15) is 22.7 Å². The van der Waals surface area contributed by atoms with Gasteiger partial charge in [0.05, 0.1) is 35.0 Å². The van der Waals surface area contributed by atoms with E-state index in [-0.39, 0.29) is 11.0 Å². The van der Waals surface area contributed by atoms with Crippen molar-refractivity contribution in [1.29, 1.82) is 0 Å². The lowest BCUT2D eigenvalue weighted by molar-refractivity contribution is -0.150. The maximum atomic E-state index is 6.81. The zero-order valence-corrected chi connectivity index (χ0v) is 25.6. The number of aromatic nitrogens is 3. The summed E-state index contributed by atoms with van der Waals surface area (Å²) in [5.41, 5.74) is 3.21. The van der Waals surface area contributed by atoms with Crippen LogP contribution in [0.4, 0.5) is 0 Å². The van der Waals surface area contributed by atoms with Gasteiger partial charge in [-0.3, -0.25) is 4.98 Å². The highest BCUT2D eigenvalue weighted by Crippen LogP contribution is 2.55. The van der Waals surface area contributed by atoms with Gasteiger partial charge in [-0.1, -0.05) is 40.5 Å². The van der Waals surface area contributed by atoms with Crippen LogP contribution in [0.2, 0.25) is 10.0 Å². The Labute approximate surface area is 261 Å². The third kappa shape index (κ3) is 5.27. The average Bonchev–Trinajstić information content (AvgIpc) is 3.77. The van der Waals surface area contributed by atoms with Gasteiger partial charge in [-0.2, -0.15) is 0 Å². The smallest absolute Gasteiger partial charge is 0.213 e. The van der Waals surface area contributed by atoms with Crippen molar-refractivity contribution in [2.45, 2.75) is 94.9 Å².